The second kappa shape index (κ2) is 6.31. The molecule has 0 bridgehead atoms. The summed E-state index contributed by atoms with van der Waals surface area (Å²) in [5.74, 6) is 3.90. The van der Waals surface area contributed by atoms with Crippen LogP contribution in [0.25, 0.3) is 0 Å². The number of carbonyl (C=O) groups is 2. The molecule has 0 saturated heterocycles. The summed E-state index contributed by atoms with van der Waals surface area (Å²) in [6.45, 7) is 0.00556. The van der Waals surface area contributed by atoms with Crippen LogP contribution in [0.15, 0.2) is 18.2 Å². The Hall–Kier alpha value is -2.68. The number of hydrogen-bond donors (Lipinski definition) is 4. The number of anilines is 1. The average molecular weight is 267 g/mol. The standard InChI is InChI=1S/C10H13N5O4/c11-8(16)4-5-13-10(17)6-2-1-3-7(14-12)9(6)15(18)19/h1-3,14H,4-5,12H2,(H2,11,16)(H,13,17). The Balaban J connectivity index is 2.96. The van der Waals surface area contributed by atoms with Crippen LogP contribution in [0.5, 0.6) is 0 Å². The topological polar surface area (TPSA) is 153 Å². The molecule has 0 heterocycles. The molecule has 102 valence electrons. The number of nitrogens with one attached hydrogen (secondary N) is 2. The summed E-state index contributed by atoms with van der Waals surface area (Å²) in [5, 5.41) is 13.3. The minimum absolute atomic E-state index is 0.00556. The zero-order valence-corrected chi connectivity index (χ0v) is 9.88. The molecule has 1 aromatic rings. The number of nitrogens with zero attached hydrogens (tertiary/aromatic N) is 1. The minimum Gasteiger partial charge on any atom is -0.370 e. The molecule has 0 aliphatic heterocycles. The van der Waals surface area contributed by atoms with Crippen LogP contribution in [0, 0.1) is 10.1 Å². The third-order valence-corrected chi connectivity index (χ3v) is 2.28. The molecule has 0 aliphatic rings. The Morgan fingerprint density at radius 3 is 2.58 bits per heavy atom. The van der Waals surface area contributed by atoms with Gasteiger partial charge in [0.25, 0.3) is 5.91 Å². The van der Waals surface area contributed by atoms with Crippen molar-refractivity contribution in [2.24, 2.45) is 11.6 Å². The van der Waals surface area contributed by atoms with Crippen LogP contribution < -0.4 is 22.3 Å². The van der Waals surface area contributed by atoms with Crippen molar-refractivity contribution in [3.05, 3.63) is 33.9 Å². The third-order valence-electron chi connectivity index (χ3n) is 2.28. The lowest BCUT2D eigenvalue weighted by Gasteiger charge is -2.07. The fraction of sp³-hybridized carbons (Fsp3) is 0.200. The summed E-state index contributed by atoms with van der Waals surface area (Å²) in [7, 11) is 0. The number of benzene rings is 1. The van der Waals surface area contributed by atoms with Gasteiger partial charge in [-0.3, -0.25) is 25.5 Å². The molecule has 1 rings (SSSR count). The van der Waals surface area contributed by atoms with Crippen LogP contribution >= 0.6 is 0 Å². The summed E-state index contributed by atoms with van der Waals surface area (Å²) in [4.78, 5) is 32.5. The third kappa shape index (κ3) is 3.64. The molecule has 0 saturated carbocycles. The van der Waals surface area contributed by atoms with E-state index in [-0.39, 0.29) is 24.2 Å². The van der Waals surface area contributed by atoms with Crippen LogP contribution in [-0.4, -0.2) is 23.3 Å². The Morgan fingerprint density at radius 2 is 2.05 bits per heavy atom. The van der Waals surface area contributed by atoms with Gasteiger partial charge in [-0.15, -0.1) is 0 Å². The lowest BCUT2D eigenvalue weighted by molar-refractivity contribution is -0.384. The second-order valence-corrected chi connectivity index (χ2v) is 3.58. The average Bonchev–Trinajstić information content (AvgIpc) is 2.36. The highest BCUT2D eigenvalue weighted by molar-refractivity contribution is 6.00. The number of nitrogens with two attached hydrogens (primary N) is 2. The summed E-state index contributed by atoms with van der Waals surface area (Å²) in [6, 6.07) is 4.11. The number of amides is 2. The van der Waals surface area contributed by atoms with E-state index in [1.54, 1.807) is 0 Å². The van der Waals surface area contributed by atoms with Crippen molar-refractivity contribution in [1.82, 2.24) is 5.32 Å². The molecule has 0 unspecified atom stereocenters. The number of carbonyl (C=O) groups excluding carboxylic acids is 2. The Kier molecular flexibility index (Phi) is 4.77. The fourth-order valence-corrected chi connectivity index (χ4v) is 1.43. The largest absolute Gasteiger partial charge is 0.370 e. The van der Waals surface area contributed by atoms with Crippen molar-refractivity contribution >= 4 is 23.2 Å². The maximum absolute atomic E-state index is 11.8. The maximum atomic E-state index is 11.8. The van der Waals surface area contributed by atoms with Crippen LogP contribution in [0.3, 0.4) is 0 Å². The van der Waals surface area contributed by atoms with Crippen molar-refractivity contribution in [2.75, 3.05) is 12.0 Å². The van der Waals surface area contributed by atoms with Gasteiger partial charge in [0.05, 0.1) is 4.92 Å². The first-order valence-electron chi connectivity index (χ1n) is 5.28. The molecule has 2 amide bonds. The second-order valence-electron chi connectivity index (χ2n) is 3.58. The molecule has 9 nitrogen and oxygen atoms in total. The lowest BCUT2D eigenvalue weighted by atomic mass is 10.1. The van der Waals surface area contributed by atoms with Gasteiger partial charge >= 0.3 is 5.69 Å². The first-order chi connectivity index (χ1) is 8.97. The summed E-state index contributed by atoms with van der Waals surface area (Å²) in [6.07, 6.45) is -0.0473. The molecule has 0 radical (unpaired) electrons. The van der Waals surface area contributed by atoms with Gasteiger partial charge in [-0.25, -0.2) is 0 Å². The molecule has 0 aromatic heterocycles. The number of nitro benzene ring substituents is 1. The normalized spacial score (nSPS) is 9.74. The zero-order chi connectivity index (χ0) is 14.4. The number of primary amides is 1. The lowest BCUT2D eigenvalue weighted by Crippen LogP contribution is -2.28. The van der Waals surface area contributed by atoms with E-state index in [2.05, 4.69) is 10.7 Å². The first kappa shape index (κ1) is 14.4. The fourth-order valence-electron chi connectivity index (χ4n) is 1.43. The van der Waals surface area contributed by atoms with Crippen molar-refractivity contribution in [2.45, 2.75) is 6.42 Å². The first-order valence-corrected chi connectivity index (χ1v) is 5.28. The molecular weight excluding hydrogens is 254 g/mol. The smallest absolute Gasteiger partial charge is 0.306 e. The van der Waals surface area contributed by atoms with E-state index in [0.717, 1.165) is 0 Å². The Morgan fingerprint density at radius 1 is 1.37 bits per heavy atom. The van der Waals surface area contributed by atoms with Crippen molar-refractivity contribution in [3.63, 3.8) is 0 Å². The highest BCUT2D eigenvalue weighted by atomic mass is 16.6. The van der Waals surface area contributed by atoms with Gasteiger partial charge in [0.15, 0.2) is 0 Å². The highest BCUT2D eigenvalue weighted by Gasteiger charge is 2.23. The van der Waals surface area contributed by atoms with E-state index < -0.39 is 22.4 Å². The SMILES string of the molecule is NNc1cccc(C(=O)NCCC(N)=O)c1[N+](=O)[O-]. The van der Waals surface area contributed by atoms with Gasteiger partial charge < -0.3 is 16.5 Å². The molecule has 1 aromatic carbocycles. The quantitative estimate of drug-likeness (QED) is 0.309. The van der Waals surface area contributed by atoms with E-state index in [9.17, 15) is 19.7 Å². The minimum atomic E-state index is -0.710. The van der Waals surface area contributed by atoms with Crippen molar-refractivity contribution in [1.29, 1.82) is 0 Å². The molecule has 6 N–H and O–H groups in total. The van der Waals surface area contributed by atoms with E-state index in [0.29, 0.717) is 0 Å². The number of hydrogen-bond acceptors (Lipinski definition) is 6. The van der Waals surface area contributed by atoms with Gasteiger partial charge in [0, 0.05) is 13.0 Å². The van der Waals surface area contributed by atoms with Crippen LogP contribution in [0.1, 0.15) is 16.8 Å². The summed E-state index contributed by atoms with van der Waals surface area (Å²) < 4.78 is 0. The predicted octanol–water partition coefficient (Wildman–Crippen LogP) is -0.514. The predicted molar refractivity (Wildman–Crippen MR) is 67.1 cm³/mol. The molecule has 9 heteroatoms. The molecule has 0 atom stereocenters. The van der Waals surface area contributed by atoms with Crippen LogP contribution in [0.2, 0.25) is 0 Å². The number of nitrogen functional groups attached to an aromatic ring is 1. The van der Waals surface area contributed by atoms with E-state index >= 15 is 0 Å². The number of nitro groups is 1. The molecule has 0 aliphatic carbocycles. The number of para-hydroxylation sites is 1. The number of hydrazine groups is 1. The van der Waals surface area contributed by atoms with Gasteiger partial charge in [-0.2, -0.15) is 0 Å². The Labute approximate surface area is 108 Å². The van der Waals surface area contributed by atoms with Crippen LogP contribution in [0.4, 0.5) is 11.4 Å². The summed E-state index contributed by atoms with van der Waals surface area (Å²) >= 11 is 0. The molecule has 0 fully saturated rings. The monoisotopic (exact) mass is 267 g/mol. The summed E-state index contributed by atoms with van der Waals surface area (Å²) in [5.41, 5.74) is 6.51. The molecule has 19 heavy (non-hydrogen) atoms. The van der Waals surface area contributed by atoms with Gasteiger partial charge in [0.2, 0.25) is 5.91 Å². The van der Waals surface area contributed by atoms with Gasteiger partial charge in [0.1, 0.15) is 11.3 Å². The number of rotatable bonds is 6. The van der Waals surface area contributed by atoms with Crippen LogP contribution in [-0.2, 0) is 4.79 Å². The van der Waals surface area contributed by atoms with E-state index in [1.807, 2.05) is 0 Å². The van der Waals surface area contributed by atoms with Gasteiger partial charge in [-0.1, -0.05) is 6.07 Å². The maximum Gasteiger partial charge on any atom is 0.306 e. The van der Waals surface area contributed by atoms with Crippen molar-refractivity contribution < 1.29 is 14.5 Å². The Bertz CT molecular complexity index is 517. The van der Waals surface area contributed by atoms with E-state index in [1.165, 1.54) is 18.2 Å². The van der Waals surface area contributed by atoms with Crippen molar-refractivity contribution in [3.8, 4) is 0 Å². The zero-order valence-electron chi connectivity index (χ0n) is 9.88. The van der Waals surface area contributed by atoms with E-state index in [4.69, 9.17) is 11.6 Å². The molecule has 0 spiro atoms. The van der Waals surface area contributed by atoms with Gasteiger partial charge in [-0.05, 0) is 12.1 Å². The molecular formula is C10H13N5O4. The highest BCUT2D eigenvalue weighted by Crippen LogP contribution is 2.27.